The number of fused-ring (bicyclic) bond motifs is 1. The van der Waals surface area contributed by atoms with Crippen molar-refractivity contribution in [3.8, 4) is 11.5 Å². The van der Waals surface area contributed by atoms with Crippen LogP contribution in [-0.2, 0) is 0 Å². The monoisotopic (exact) mass is 367 g/mol. The number of nitrogens with zero attached hydrogens (tertiary/aromatic N) is 3. The second kappa shape index (κ2) is 8.55. The predicted octanol–water partition coefficient (Wildman–Crippen LogP) is 3.31. The minimum atomic E-state index is -0.132. The van der Waals surface area contributed by atoms with Crippen LogP contribution in [0.15, 0.2) is 48.8 Å². The number of hydrogen-bond donors (Lipinski definition) is 2. The van der Waals surface area contributed by atoms with Crippen molar-refractivity contribution < 1.29 is 9.53 Å². The predicted molar refractivity (Wildman–Crippen MR) is 107 cm³/mol. The first kappa shape index (κ1) is 18.7. The largest absolute Gasteiger partial charge is 0.457 e. The first-order valence-electron chi connectivity index (χ1n) is 9.11. The molecule has 7 heteroatoms. The van der Waals surface area contributed by atoms with Crippen LogP contribution in [-0.4, -0.2) is 46.7 Å². The van der Waals surface area contributed by atoms with Gasteiger partial charge in [-0.2, -0.15) is 0 Å². The van der Waals surface area contributed by atoms with Crippen molar-refractivity contribution in [2.75, 3.05) is 31.9 Å². The van der Waals surface area contributed by atoms with Gasteiger partial charge in [0.2, 0.25) is 0 Å². The van der Waals surface area contributed by atoms with E-state index in [1.807, 2.05) is 24.3 Å². The molecule has 2 aromatic heterocycles. The van der Waals surface area contributed by atoms with E-state index in [1.54, 1.807) is 29.1 Å². The lowest BCUT2D eigenvalue weighted by Crippen LogP contribution is -2.36. The van der Waals surface area contributed by atoms with Crippen molar-refractivity contribution in [1.82, 2.24) is 19.8 Å². The molecule has 0 saturated carbocycles. The summed E-state index contributed by atoms with van der Waals surface area (Å²) in [5.74, 6) is 1.70. The number of nitrogen functional groups attached to an aromatic ring is 1. The minimum Gasteiger partial charge on any atom is -0.457 e. The molecule has 0 radical (unpaired) electrons. The number of amides is 1. The number of nitrogens with two attached hydrogens (primary N) is 1. The lowest BCUT2D eigenvalue weighted by atomic mass is 10.2. The number of carbonyl (C=O) groups is 1. The minimum absolute atomic E-state index is 0.132. The van der Waals surface area contributed by atoms with Gasteiger partial charge < -0.3 is 20.7 Å². The second-order valence-corrected chi connectivity index (χ2v) is 6.18. The van der Waals surface area contributed by atoms with Crippen LogP contribution in [0.3, 0.4) is 0 Å². The zero-order chi connectivity index (χ0) is 19.2. The topological polar surface area (TPSA) is 85.4 Å². The molecule has 0 saturated heterocycles. The van der Waals surface area contributed by atoms with Gasteiger partial charge in [-0.3, -0.25) is 4.57 Å². The molecule has 3 N–H and O–H groups in total. The summed E-state index contributed by atoms with van der Waals surface area (Å²) in [5.41, 5.74) is 6.50. The molecule has 142 valence electrons. The zero-order valence-corrected chi connectivity index (χ0v) is 15.7. The van der Waals surface area contributed by atoms with Crippen LogP contribution in [0.1, 0.15) is 13.8 Å². The van der Waals surface area contributed by atoms with Gasteiger partial charge in [0.15, 0.2) is 0 Å². The molecule has 3 aromatic rings. The van der Waals surface area contributed by atoms with Crippen molar-refractivity contribution in [3.63, 3.8) is 0 Å². The number of benzene rings is 1. The molecule has 7 nitrogen and oxygen atoms in total. The molecule has 0 aliphatic rings. The van der Waals surface area contributed by atoms with Crippen LogP contribution < -0.4 is 15.8 Å². The molecule has 0 aliphatic heterocycles. The van der Waals surface area contributed by atoms with Crippen molar-refractivity contribution in [3.05, 3.63) is 48.8 Å². The Bertz CT molecular complexity index is 918. The third-order valence-electron chi connectivity index (χ3n) is 4.47. The molecule has 3 rings (SSSR count). The van der Waals surface area contributed by atoms with Crippen molar-refractivity contribution in [2.24, 2.45) is 0 Å². The summed E-state index contributed by atoms with van der Waals surface area (Å²) < 4.78 is 7.43. The second-order valence-electron chi connectivity index (χ2n) is 6.18. The van der Waals surface area contributed by atoms with Crippen LogP contribution in [0, 0.1) is 0 Å². The Kier molecular flexibility index (Phi) is 5.93. The fraction of sp³-hybridized carbons (Fsp3) is 0.300. The Morgan fingerprint density at radius 2 is 1.96 bits per heavy atom. The summed E-state index contributed by atoms with van der Waals surface area (Å²) in [7, 11) is 0. The van der Waals surface area contributed by atoms with E-state index in [1.165, 1.54) is 0 Å². The first-order chi connectivity index (χ1) is 13.1. The lowest BCUT2D eigenvalue weighted by Gasteiger charge is -2.18. The Morgan fingerprint density at radius 3 is 2.70 bits per heavy atom. The molecule has 1 amide bonds. The van der Waals surface area contributed by atoms with Crippen LogP contribution in [0.5, 0.6) is 11.5 Å². The molecular weight excluding hydrogens is 342 g/mol. The molecular formula is C20H25N5O2. The highest BCUT2D eigenvalue weighted by Gasteiger charge is 2.10. The fourth-order valence-electron chi connectivity index (χ4n) is 2.93. The van der Waals surface area contributed by atoms with Gasteiger partial charge in [0.1, 0.15) is 17.3 Å². The highest BCUT2D eigenvalue weighted by molar-refractivity contribution is 5.92. The van der Waals surface area contributed by atoms with Gasteiger partial charge in [0.25, 0.3) is 0 Å². The van der Waals surface area contributed by atoms with Gasteiger partial charge in [0.05, 0.1) is 5.52 Å². The van der Waals surface area contributed by atoms with Gasteiger partial charge in [-0.05, 0) is 43.4 Å². The lowest BCUT2D eigenvalue weighted by molar-refractivity contribution is 0.239. The Hall–Kier alpha value is -3.06. The summed E-state index contributed by atoms with van der Waals surface area (Å²) in [5, 5.41) is 3.89. The molecule has 0 unspecified atom stereocenters. The molecule has 0 atom stereocenters. The molecule has 1 aromatic carbocycles. The molecule has 0 bridgehead atoms. The van der Waals surface area contributed by atoms with Crippen molar-refractivity contribution in [1.29, 1.82) is 0 Å². The fourth-order valence-corrected chi connectivity index (χ4v) is 2.93. The van der Waals surface area contributed by atoms with Crippen molar-refractivity contribution in [2.45, 2.75) is 13.8 Å². The van der Waals surface area contributed by atoms with E-state index >= 15 is 0 Å². The highest BCUT2D eigenvalue weighted by atomic mass is 16.5. The molecule has 0 aliphatic carbocycles. The SMILES string of the molecule is CCN(CC)CCNC(=O)n1ccc2cc(Oc3ccnc(N)c3)ccc21. The summed E-state index contributed by atoms with van der Waals surface area (Å²) >= 11 is 0. The number of carbonyl (C=O) groups excluding carboxylic acids is 1. The first-order valence-corrected chi connectivity index (χ1v) is 9.11. The van der Waals surface area contributed by atoms with Crippen LogP contribution in [0.2, 0.25) is 0 Å². The van der Waals surface area contributed by atoms with E-state index in [0.29, 0.717) is 23.9 Å². The molecule has 0 fully saturated rings. The maximum atomic E-state index is 12.5. The number of likely N-dealkylation sites (N-methyl/N-ethyl adjacent to an activating group) is 1. The standard InChI is InChI=1S/C20H25N5O2/c1-3-24(4-2)12-10-23-20(26)25-11-8-15-13-16(5-6-18(15)25)27-17-7-9-22-19(21)14-17/h5-9,11,13-14H,3-4,10,12H2,1-2H3,(H2,21,22)(H,23,26). The number of pyridine rings is 1. The number of aromatic nitrogens is 2. The third-order valence-corrected chi connectivity index (χ3v) is 4.47. The van der Waals surface area contributed by atoms with Gasteiger partial charge in [0, 0.05) is 36.9 Å². The van der Waals surface area contributed by atoms with Crippen molar-refractivity contribution >= 4 is 22.8 Å². The average molecular weight is 367 g/mol. The normalized spacial score (nSPS) is 11.1. The van der Waals surface area contributed by atoms with Gasteiger partial charge in [-0.25, -0.2) is 9.78 Å². The number of hydrogen-bond acceptors (Lipinski definition) is 5. The van der Waals surface area contributed by atoms with E-state index in [9.17, 15) is 4.79 Å². The van der Waals surface area contributed by atoms with Crippen LogP contribution in [0.4, 0.5) is 10.6 Å². The van der Waals surface area contributed by atoms with Crippen LogP contribution in [0.25, 0.3) is 10.9 Å². The molecule has 27 heavy (non-hydrogen) atoms. The maximum absolute atomic E-state index is 12.5. The summed E-state index contributed by atoms with van der Waals surface area (Å²) in [6.45, 7) is 7.64. The number of rotatable bonds is 7. The number of nitrogens with one attached hydrogen (secondary N) is 1. The van der Waals surface area contributed by atoms with E-state index in [0.717, 1.165) is 30.5 Å². The van der Waals surface area contributed by atoms with E-state index in [4.69, 9.17) is 10.5 Å². The van der Waals surface area contributed by atoms with Gasteiger partial charge in [-0.1, -0.05) is 13.8 Å². The summed E-state index contributed by atoms with van der Waals surface area (Å²) in [6, 6.07) is 10.8. The average Bonchev–Trinajstić information content (AvgIpc) is 3.08. The Labute approximate surface area is 158 Å². The van der Waals surface area contributed by atoms with E-state index < -0.39 is 0 Å². The smallest absolute Gasteiger partial charge is 0.326 e. The number of anilines is 1. The maximum Gasteiger partial charge on any atom is 0.326 e. The quantitative estimate of drug-likeness (QED) is 0.669. The highest BCUT2D eigenvalue weighted by Crippen LogP contribution is 2.26. The summed E-state index contributed by atoms with van der Waals surface area (Å²) in [4.78, 5) is 18.7. The van der Waals surface area contributed by atoms with Crippen LogP contribution >= 0.6 is 0 Å². The Balaban J connectivity index is 1.69. The van der Waals surface area contributed by atoms with E-state index in [-0.39, 0.29) is 6.03 Å². The van der Waals surface area contributed by atoms with Gasteiger partial charge in [-0.15, -0.1) is 0 Å². The summed E-state index contributed by atoms with van der Waals surface area (Å²) in [6.07, 6.45) is 3.37. The number of ether oxygens (including phenoxy) is 1. The Morgan fingerprint density at radius 1 is 1.19 bits per heavy atom. The van der Waals surface area contributed by atoms with E-state index in [2.05, 4.69) is 29.0 Å². The zero-order valence-electron chi connectivity index (χ0n) is 15.7. The molecule has 0 spiro atoms. The molecule has 2 heterocycles. The third kappa shape index (κ3) is 4.57. The van der Waals surface area contributed by atoms with Gasteiger partial charge >= 0.3 is 6.03 Å².